The number of imidazole rings is 1. The number of fused-ring (bicyclic) bond motifs is 5. The molecule has 4 heterocycles. The van der Waals surface area contributed by atoms with Crippen molar-refractivity contribution >= 4 is 23.0 Å². The maximum absolute atomic E-state index is 15.4. The number of aromatic nitrogens is 4. The van der Waals surface area contributed by atoms with Crippen LogP contribution >= 0.6 is 0 Å². The fourth-order valence-electron chi connectivity index (χ4n) is 6.64. The molecule has 2 aromatic carbocycles. The Morgan fingerprint density at radius 1 is 1.12 bits per heavy atom. The normalized spacial score (nSPS) is 23.6. The Bertz CT molecular complexity index is 1640. The number of carboxylic acid groups (broad SMARTS) is 1. The molecule has 0 radical (unpaired) electrons. The van der Waals surface area contributed by atoms with Crippen molar-refractivity contribution in [3.63, 3.8) is 0 Å². The first-order valence-corrected chi connectivity index (χ1v) is 13.6. The van der Waals surface area contributed by atoms with Crippen LogP contribution in [0.4, 0.5) is 19.1 Å². The molecule has 0 bridgehead atoms. The highest BCUT2D eigenvalue weighted by molar-refractivity contribution is 5.84. The molecule has 2 unspecified atom stereocenters. The van der Waals surface area contributed by atoms with Gasteiger partial charge in [0.2, 0.25) is 5.95 Å². The van der Waals surface area contributed by atoms with E-state index in [1.54, 1.807) is 30.6 Å². The predicted octanol–water partition coefficient (Wildman–Crippen LogP) is 4.39. The summed E-state index contributed by atoms with van der Waals surface area (Å²) in [4.78, 5) is 28.5. The van der Waals surface area contributed by atoms with Crippen molar-refractivity contribution in [2.45, 2.75) is 25.5 Å². The highest BCUT2D eigenvalue weighted by Gasteiger charge is 2.61. The average Bonchev–Trinajstić information content (AvgIpc) is 3.28. The molecule has 3 aliphatic rings. The molecule has 1 N–H and O–H groups in total. The van der Waals surface area contributed by atoms with Gasteiger partial charge in [0.05, 0.1) is 23.6 Å². The van der Waals surface area contributed by atoms with E-state index in [9.17, 15) is 13.6 Å². The molecule has 1 saturated carbocycles. The second kappa shape index (κ2) is 9.72. The first-order chi connectivity index (χ1) is 19.8. The molecule has 0 spiro atoms. The molecule has 2 aliphatic heterocycles. The Balaban J connectivity index is 1.22. The van der Waals surface area contributed by atoms with Crippen LogP contribution in [0.3, 0.4) is 0 Å². The molecule has 1 saturated heterocycles. The zero-order chi connectivity index (χ0) is 28.4. The van der Waals surface area contributed by atoms with E-state index in [2.05, 4.69) is 16.9 Å². The van der Waals surface area contributed by atoms with E-state index >= 15 is 4.39 Å². The number of anilines is 1. The topological polar surface area (TPSA) is 96.6 Å². The third-order valence-corrected chi connectivity index (χ3v) is 8.61. The van der Waals surface area contributed by atoms with E-state index in [-0.39, 0.29) is 30.2 Å². The van der Waals surface area contributed by atoms with Crippen LogP contribution in [0.1, 0.15) is 30.3 Å². The van der Waals surface area contributed by atoms with Gasteiger partial charge < -0.3 is 19.3 Å². The number of carbonyl (C=O) groups is 1. The number of rotatable bonds is 7. The molecule has 0 amide bonds. The summed E-state index contributed by atoms with van der Waals surface area (Å²) in [5, 5.41) is 9.01. The minimum Gasteiger partial charge on any atom is -0.480 e. The van der Waals surface area contributed by atoms with Gasteiger partial charge in [-0.2, -0.15) is 8.78 Å². The van der Waals surface area contributed by atoms with Crippen LogP contribution in [0, 0.1) is 17.7 Å². The summed E-state index contributed by atoms with van der Waals surface area (Å²) in [5.41, 5.74) is 2.71. The molecule has 2 aromatic heterocycles. The Morgan fingerprint density at radius 3 is 2.56 bits per heavy atom. The second-order valence-corrected chi connectivity index (χ2v) is 10.9. The van der Waals surface area contributed by atoms with Crippen molar-refractivity contribution in [3.05, 3.63) is 66.0 Å². The molecule has 212 valence electrons. The maximum Gasteiger partial charge on any atom is 0.387 e. The Hall–Kier alpha value is -4.19. The van der Waals surface area contributed by atoms with Crippen molar-refractivity contribution in [2.24, 2.45) is 11.8 Å². The van der Waals surface area contributed by atoms with E-state index in [0.717, 1.165) is 5.82 Å². The van der Waals surface area contributed by atoms with Crippen LogP contribution in [-0.4, -0.2) is 74.8 Å². The van der Waals surface area contributed by atoms with E-state index in [1.807, 2.05) is 26.5 Å². The van der Waals surface area contributed by atoms with Crippen LogP contribution in [0.15, 0.2) is 48.8 Å². The number of hydrogen-bond acceptors (Lipinski definition) is 7. The average molecular weight is 565 g/mol. The minimum atomic E-state index is -2.94. The van der Waals surface area contributed by atoms with Gasteiger partial charge >= 0.3 is 12.6 Å². The molecule has 12 heteroatoms. The highest BCUT2D eigenvalue weighted by Crippen LogP contribution is 2.66. The number of nitrogens with zero attached hydrogens (tertiary/aromatic N) is 6. The Kier molecular flexibility index (Phi) is 6.11. The number of benzene rings is 2. The van der Waals surface area contributed by atoms with Crippen molar-refractivity contribution in [2.75, 3.05) is 37.6 Å². The van der Waals surface area contributed by atoms with Gasteiger partial charge in [-0.3, -0.25) is 9.69 Å². The number of piperazine rings is 1. The lowest BCUT2D eigenvalue weighted by atomic mass is 9.99. The third kappa shape index (κ3) is 4.37. The van der Waals surface area contributed by atoms with E-state index in [0.29, 0.717) is 65.8 Å². The van der Waals surface area contributed by atoms with Gasteiger partial charge in [0.25, 0.3) is 0 Å². The number of alkyl halides is 2. The molecular formula is C29H27F3N6O3. The summed E-state index contributed by atoms with van der Waals surface area (Å²) in [6, 6.07) is 9.73. The standard InChI is InChI=1S/C29H27F3N6O3/c1-15-24-25(15)27-35-20-11-19(30)18(10-21(20)38(27)26(24)17-4-2-3-5-22(17)41-28(31)32)16-12-33-29(34-13-16)37-8-6-36(7-9-37)14-23(39)40/h2-5,10-13,15,24-26,28H,6-9,14H2,1H3,(H,39,40)/t15-,24?,25?,26+/m0/s1. The van der Waals surface area contributed by atoms with Gasteiger partial charge in [-0.25, -0.2) is 19.3 Å². The summed E-state index contributed by atoms with van der Waals surface area (Å²) in [6.07, 6.45) is 3.17. The van der Waals surface area contributed by atoms with Crippen molar-refractivity contribution in [3.8, 4) is 16.9 Å². The molecular weight excluding hydrogens is 537 g/mol. The summed E-state index contributed by atoms with van der Waals surface area (Å²) in [6.45, 7) is 1.53. The number of para-hydroxylation sites is 1. The molecule has 1 aliphatic carbocycles. The van der Waals surface area contributed by atoms with Gasteiger partial charge in [-0.15, -0.1) is 0 Å². The first kappa shape index (κ1) is 25.8. The zero-order valence-corrected chi connectivity index (χ0v) is 22.1. The van der Waals surface area contributed by atoms with E-state index < -0.39 is 18.4 Å². The molecule has 41 heavy (non-hydrogen) atoms. The monoisotopic (exact) mass is 564 g/mol. The molecule has 4 atom stereocenters. The van der Waals surface area contributed by atoms with Crippen LogP contribution in [-0.2, 0) is 4.79 Å². The Labute approximate surface area is 233 Å². The largest absolute Gasteiger partial charge is 0.480 e. The fourth-order valence-corrected chi connectivity index (χ4v) is 6.64. The van der Waals surface area contributed by atoms with Crippen LogP contribution in [0.5, 0.6) is 5.75 Å². The van der Waals surface area contributed by atoms with Crippen LogP contribution in [0.25, 0.3) is 22.2 Å². The lowest BCUT2D eigenvalue weighted by molar-refractivity contribution is -0.138. The Morgan fingerprint density at radius 2 is 1.85 bits per heavy atom. The summed E-state index contributed by atoms with van der Waals surface area (Å²) >= 11 is 0. The predicted molar refractivity (Wildman–Crippen MR) is 144 cm³/mol. The van der Waals surface area contributed by atoms with Crippen molar-refractivity contribution in [1.29, 1.82) is 0 Å². The summed E-state index contributed by atoms with van der Waals surface area (Å²) < 4.78 is 48.8. The van der Waals surface area contributed by atoms with Gasteiger partial charge in [-0.05, 0) is 24.0 Å². The molecule has 7 rings (SSSR count). The van der Waals surface area contributed by atoms with Crippen LogP contribution < -0.4 is 9.64 Å². The summed E-state index contributed by atoms with van der Waals surface area (Å²) in [5.74, 6) is 0.834. The molecule has 9 nitrogen and oxygen atoms in total. The molecule has 2 fully saturated rings. The highest BCUT2D eigenvalue weighted by atomic mass is 19.3. The fraction of sp³-hybridized carbons (Fsp3) is 0.379. The maximum atomic E-state index is 15.4. The lowest BCUT2D eigenvalue weighted by Gasteiger charge is -2.33. The van der Waals surface area contributed by atoms with E-state index in [1.165, 1.54) is 6.07 Å². The van der Waals surface area contributed by atoms with Crippen molar-refractivity contribution in [1.82, 2.24) is 24.4 Å². The number of ether oxygens (including phenoxy) is 1. The number of halogens is 3. The van der Waals surface area contributed by atoms with Gasteiger partial charge in [0, 0.05) is 67.2 Å². The quantitative estimate of drug-likeness (QED) is 0.353. The third-order valence-electron chi connectivity index (χ3n) is 8.61. The minimum absolute atomic E-state index is 0.000220. The number of hydrogen-bond donors (Lipinski definition) is 1. The zero-order valence-electron chi connectivity index (χ0n) is 22.1. The van der Waals surface area contributed by atoms with Gasteiger partial charge in [0.1, 0.15) is 17.4 Å². The van der Waals surface area contributed by atoms with Gasteiger partial charge in [-0.1, -0.05) is 25.1 Å². The van der Waals surface area contributed by atoms with Crippen molar-refractivity contribution < 1.29 is 27.8 Å². The molecule has 4 aromatic rings. The lowest BCUT2D eigenvalue weighted by Crippen LogP contribution is -2.48. The van der Waals surface area contributed by atoms with E-state index in [4.69, 9.17) is 14.8 Å². The SMILES string of the molecule is C[C@@H]1C2c3nc4cc(F)c(-c5cnc(N6CCN(CC(=O)O)CC6)nc5)cc4n3[C@H](c3ccccc3OC(F)F)C21. The smallest absolute Gasteiger partial charge is 0.387 e. The van der Waals surface area contributed by atoms with Gasteiger partial charge in [0.15, 0.2) is 0 Å². The number of carboxylic acids is 1. The number of aliphatic carboxylic acids is 1. The second-order valence-electron chi connectivity index (χ2n) is 10.9. The summed E-state index contributed by atoms with van der Waals surface area (Å²) in [7, 11) is 0. The first-order valence-electron chi connectivity index (χ1n) is 13.6. The van der Waals surface area contributed by atoms with Crippen LogP contribution in [0.2, 0.25) is 0 Å².